The summed E-state index contributed by atoms with van der Waals surface area (Å²) in [5.41, 5.74) is 7.50. The van der Waals surface area contributed by atoms with Crippen LogP contribution in [0.4, 0.5) is 10.6 Å². The molecule has 4 N–H and O–H groups in total. The third-order valence-electron chi connectivity index (χ3n) is 3.11. The number of fused-ring (bicyclic) bond motifs is 3. The molecule has 0 aliphatic heterocycles. The predicted molar refractivity (Wildman–Crippen MR) is 83.2 cm³/mol. The molecule has 1 amide bonds. The summed E-state index contributed by atoms with van der Waals surface area (Å²) in [6.07, 6.45) is 0.728. The molecular weight excluding hydrogens is 338 g/mol. The van der Waals surface area contributed by atoms with Gasteiger partial charge < -0.3 is 16.2 Å². The van der Waals surface area contributed by atoms with Crippen molar-refractivity contribution in [2.45, 2.75) is 6.54 Å². The van der Waals surface area contributed by atoms with Gasteiger partial charge in [0.2, 0.25) is 0 Å². The molecule has 3 rings (SSSR count). The van der Waals surface area contributed by atoms with Crippen molar-refractivity contribution in [1.82, 2.24) is 20.1 Å². The summed E-state index contributed by atoms with van der Waals surface area (Å²) in [6, 6.07) is 5.74. The third kappa shape index (κ3) is 2.62. The number of pyridine rings is 1. The molecule has 0 fully saturated rings. The van der Waals surface area contributed by atoms with Gasteiger partial charge in [-0.15, -0.1) is 0 Å². The molecule has 21 heavy (non-hydrogen) atoms. The van der Waals surface area contributed by atoms with Gasteiger partial charge in [0.1, 0.15) is 11.3 Å². The number of nitrogens with two attached hydrogens (primary N) is 1. The van der Waals surface area contributed by atoms with Crippen LogP contribution in [0.3, 0.4) is 0 Å². The van der Waals surface area contributed by atoms with Crippen molar-refractivity contribution in [2.75, 3.05) is 12.3 Å². The van der Waals surface area contributed by atoms with Crippen LogP contribution < -0.4 is 11.1 Å². The van der Waals surface area contributed by atoms with Crippen molar-refractivity contribution in [3.63, 3.8) is 0 Å². The first kappa shape index (κ1) is 13.6. The van der Waals surface area contributed by atoms with E-state index in [1.54, 1.807) is 10.9 Å². The van der Waals surface area contributed by atoms with Crippen LogP contribution in [0.2, 0.25) is 0 Å². The Bertz CT molecular complexity index is 845. The minimum absolute atomic E-state index is 0.278. The number of anilines is 1. The first-order valence-electron chi connectivity index (χ1n) is 6.23. The van der Waals surface area contributed by atoms with Crippen LogP contribution in [0.25, 0.3) is 21.8 Å². The highest BCUT2D eigenvalue weighted by Gasteiger charge is 2.11. The SMILES string of the molecule is Nc1nc2cc(Br)ccc2c2nn(CCNC(=O)O)cc12. The van der Waals surface area contributed by atoms with Gasteiger partial charge in [0.25, 0.3) is 0 Å². The Hall–Kier alpha value is -2.35. The zero-order chi connectivity index (χ0) is 15.0. The number of rotatable bonds is 3. The Morgan fingerprint density at radius 1 is 1.43 bits per heavy atom. The lowest BCUT2D eigenvalue weighted by Gasteiger charge is -2.01. The fourth-order valence-corrected chi connectivity index (χ4v) is 2.54. The molecule has 0 aliphatic carbocycles. The van der Waals surface area contributed by atoms with Gasteiger partial charge in [0.05, 0.1) is 17.4 Å². The number of amides is 1. The lowest BCUT2D eigenvalue weighted by Crippen LogP contribution is -2.25. The smallest absolute Gasteiger partial charge is 0.404 e. The molecule has 3 aromatic rings. The standard InChI is InChI=1S/C13H12BrN5O2/c14-7-1-2-8-10(5-7)17-12(15)9-6-19(18-11(8)9)4-3-16-13(20)21/h1-2,5-6,16H,3-4H2,(H2,15,17)(H,20,21). The van der Waals surface area contributed by atoms with Gasteiger partial charge in [-0.2, -0.15) is 5.10 Å². The molecule has 108 valence electrons. The van der Waals surface area contributed by atoms with Crippen molar-refractivity contribution >= 4 is 49.6 Å². The van der Waals surface area contributed by atoms with E-state index < -0.39 is 6.09 Å². The molecule has 0 saturated carbocycles. The summed E-state index contributed by atoms with van der Waals surface area (Å²) >= 11 is 3.40. The quantitative estimate of drug-likeness (QED) is 0.671. The number of carbonyl (C=O) groups is 1. The van der Waals surface area contributed by atoms with E-state index in [-0.39, 0.29) is 6.54 Å². The number of nitrogens with one attached hydrogen (secondary N) is 1. The molecule has 0 aliphatic rings. The number of carboxylic acid groups (broad SMARTS) is 1. The Morgan fingerprint density at radius 3 is 3.00 bits per heavy atom. The normalized spacial score (nSPS) is 11.1. The van der Waals surface area contributed by atoms with Crippen LogP contribution in [0.5, 0.6) is 0 Å². The number of nitrogens with zero attached hydrogens (tertiary/aromatic N) is 3. The average Bonchev–Trinajstić information content (AvgIpc) is 2.82. The van der Waals surface area contributed by atoms with Crippen LogP contribution in [0.15, 0.2) is 28.9 Å². The second-order valence-electron chi connectivity index (χ2n) is 4.54. The maximum Gasteiger partial charge on any atom is 0.404 e. The molecule has 0 radical (unpaired) electrons. The van der Waals surface area contributed by atoms with E-state index in [0.717, 1.165) is 26.3 Å². The maximum absolute atomic E-state index is 10.4. The lowest BCUT2D eigenvalue weighted by atomic mass is 10.1. The number of hydrogen-bond donors (Lipinski definition) is 3. The number of halogens is 1. The molecule has 2 aromatic heterocycles. The molecule has 0 atom stereocenters. The first-order valence-corrected chi connectivity index (χ1v) is 7.02. The van der Waals surface area contributed by atoms with Crippen LogP contribution in [0.1, 0.15) is 0 Å². The minimum Gasteiger partial charge on any atom is -0.465 e. The van der Waals surface area contributed by atoms with Crippen molar-refractivity contribution < 1.29 is 9.90 Å². The van der Waals surface area contributed by atoms with Crippen molar-refractivity contribution in [2.24, 2.45) is 0 Å². The van der Waals surface area contributed by atoms with Gasteiger partial charge in [0, 0.05) is 22.6 Å². The third-order valence-corrected chi connectivity index (χ3v) is 3.60. The fourth-order valence-electron chi connectivity index (χ4n) is 2.19. The highest BCUT2D eigenvalue weighted by molar-refractivity contribution is 9.10. The molecular formula is C13H12BrN5O2. The van der Waals surface area contributed by atoms with Crippen molar-refractivity contribution in [3.05, 3.63) is 28.9 Å². The topological polar surface area (TPSA) is 106 Å². The number of aromatic nitrogens is 3. The van der Waals surface area contributed by atoms with Gasteiger partial charge in [-0.1, -0.05) is 15.9 Å². The summed E-state index contributed by atoms with van der Waals surface area (Å²) in [5.74, 6) is 0.410. The highest BCUT2D eigenvalue weighted by atomic mass is 79.9. The van der Waals surface area contributed by atoms with Crippen molar-refractivity contribution in [3.8, 4) is 0 Å². The summed E-state index contributed by atoms with van der Waals surface area (Å²) in [5, 5.41) is 17.0. The number of benzene rings is 1. The largest absolute Gasteiger partial charge is 0.465 e. The Morgan fingerprint density at radius 2 is 2.24 bits per heavy atom. The predicted octanol–water partition coefficient (Wildman–Crippen LogP) is 2.20. The van der Waals surface area contributed by atoms with Crippen LogP contribution >= 0.6 is 15.9 Å². The Kier molecular flexibility index (Phi) is 3.38. The van der Waals surface area contributed by atoms with Crippen LogP contribution in [-0.2, 0) is 6.54 Å². The minimum atomic E-state index is -1.05. The maximum atomic E-state index is 10.4. The molecule has 0 spiro atoms. The average molecular weight is 350 g/mol. The van der Waals surface area contributed by atoms with Crippen molar-refractivity contribution in [1.29, 1.82) is 0 Å². The molecule has 0 unspecified atom stereocenters. The van der Waals surface area contributed by atoms with E-state index in [0.29, 0.717) is 12.4 Å². The van der Waals surface area contributed by atoms with E-state index in [4.69, 9.17) is 10.8 Å². The van der Waals surface area contributed by atoms with E-state index in [2.05, 4.69) is 31.3 Å². The number of nitrogen functional groups attached to an aromatic ring is 1. The lowest BCUT2D eigenvalue weighted by molar-refractivity contribution is 0.194. The number of hydrogen-bond acceptors (Lipinski definition) is 4. The molecule has 7 nitrogen and oxygen atoms in total. The Labute approximate surface area is 127 Å². The second-order valence-corrected chi connectivity index (χ2v) is 5.46. The summed E-state index contributed by atoms with van der Waals surface area (Å²) in [7, 11) is 0. The van der Waals surface area contributed by atoms with Crippen LogP contribution in [0, 0.1) is 0 Å². The summed E-state index contributed by atoms with van der Waals surface area (Å²) < 4.78 is 2.59. The molecule has 8 heteroatoms. The summed E-state index contributed by atoms with van der Waals surface area (Å²) in [4.78, 5) is 14.8. The van der Waals surface area contributed by atoms with E-state index in [1.165, 1.54) is 0 Å². The van der Waals surface area contributed by atoms with Gasteiger partial charge in [0.15, 0.2) is 0 Å². The second kappa shape index (κ2) is 5.21. The van der Waals surface area contributed by atoms with Gasteiger partial charge >= 0.3 is 6.09 Å². The van der Waals surface area contributed by atoms with Gasteiger partial charge in [-0.25, -0.2) is 9.78 Å². The molecule has 2 heterocycles. The molecule has 1 aromatic carbocycles. The van der Waals surface area contributed by atoms with Gasteiger partial charge in [-0.05, 0) is 18.2 Å². The zero-order valence-corrected chi connectivity index (χ0v) is 12.5. The summed E-state index contributed by atoms with van der Waals surface area (Å²) in [6.45, 7) is 0.707. The van der Waals surface area contributed by atoms with Crippen LogP contribution in [-0.4, -0.2) is 32.5 Å². The first-order chi connectivity index (χ1) is 10.0. The van der Waals surface area contributed by atoms with E-state index in [1.807, 2.05) is 18.2 Å². The molecule has 0 bridgehead atoms. The van der Waals surface area contributed by atoms with E-state index >= 15 is 0 Å². The van der Waals surface area contributed by atoms with Gasteiger partial charge in [-0.3, -0.25) is 4.68 Å². The fraction of sp³-hybridized carbons (Fsp3) is 0.154. The van der Waals surface area contributed by atoms with E-state index in [9.17, 15) is 4.79 Å². The monoisotopic (exact) mass is 349 g/mol. The molecule has 0 saturated heterocycles. The Balaban J connectivity index is 2.05. The highest BCUT2D eigenvalue weighted by Crippen LogP contribution is 2.28. The zero-order valence-electron chi connectivity index (χ0n) is 10.9.